The minimum atomic E-state index is -0.708. The summed E-state index contributed by atoms with van der Waals surface area (Å²) in [7, 11) is 1.56. The van der Waals surface area contributed by atoms with Crippen LogP contribution in [-0.4, -0.2) is 47.7 Å². The quantitative estimate of drug-likeness (QED) is 0.302. The van der Waals surface area contributed by atoms with Crippen LogP contribution in [0.3, 0.4) is 0 Å². The van der Waals surface area contributed by atoms with Crippen LogP contribution >= 0.6 is 23.1 Å². The van der Waals surface area contributed by atoms with Gasteiger partial charge in [0, 0.05) is 13.1 Å². The Hall–Kier alpha value is -4.03. The van der Waals surface area contributed by atoms with Gasteiger partial charge in [0.1, 0.15) is 17.1 Å². The Morgan fingerprint density at radius 1 is 1.05 bits per heavy atom. The number of hydrogen-bond acceptors (Lipinski definition) is 9. The average Bonchev–Trinajstić information content (AvgIpc) is 3.45. The molecule has 0 radical (unpaired) electrons. The lowest BCUT2D eigenvalue weighted by Gasteiger charge is -2.26. The van der Waals surface area contributed by atoms with Crippen molar-refractivity contribution in [3.8, 4) is 16.6 Å². The molecule has 1 saturated heterocycles. The van der Waals surface area contributed by atoms with Crippen molar-refractivity contribution in [3.63, 3.8) is 0 Å². The van der Waals surface area contributed by atoms with E-state index < -0.39 is 22.9 Å². The number of nitrogens with one attached hydrogen (secondary N) is 2. The first-order valence-corrected chi connectivity index (χ1v) is 14.5. The number of aryl methyl sites for hydroxylation is 1. The smallest absolute Gasteiger partial charge is 0.414 e. The van der Waals surface area contributed by atoms with Crippen LogP contribution < -0.4 is 25.0 Å². The molecule has 1 aliphatic rings. The van der Waals surface area contributed by atoms with Gasteiger partial charge in [-0.1, -0.05) is 23.9 Å². The van der Waals surface area contributed by atoms with Crippen LogP contribution in [0.15, 0.2) is 53.9 Å². The zero-order valence-electron chi connectivity index (χ0n) is 23.3. The number of imide groups is 1. The lowest BCUT2D eigenvalue weighted by molar-refractivity contribution is -0.119. The Morgan fingerprint density at radius 3 is 2.37 bits per heavy atom. The van der Waals surface area contributed by atoms with E-state index in [0.717, 1.165) is 22.9 Å². The number of thioether (sulfide) groups is 1. The Balaban J connectivity index is 1.42. The SMILES string of the molecule is Cc1csc(Oc2ccc(NC(=O)COc3ccc(CC4SC(=O)NC4=O)cc3)c(N(C)C(=O)OC(C)(C)C)c2)c1. The maximum absolute atomic E-state index is 12.8. The van der Waals surface area contributed by atoms with Crippen LogP contribution in [0.5, 0.6) is 16.6 Å². The minimum absolute atomic E-state index is 0.281. The van der Waals surface area contributed by atoms with Gasteiger partial charge in [-0.2, -0.15) is 0 Å². The van der Waals surface area contributed by atoms with E-state index in [-0.39, 0.29) is 17.8 Å². The predicted octanol–water partition coefficient (Wildman–Crippen LogP) is 6.13. The first kappa shape index (κ1) is 29.9. The molecule has 1 unspecified atom stereocenters. The predicted molar refractivity (Wildman–Crippen MR) is 159 cm³/mol. The lowest BCUT2D eigenvalue weighted by atomic mass is 10.1. The maximum atomic E-state index is 12.8. The van der Waals surface area contributed by atoms with Gasteiger partial charge in [-0.15, -0.1) is 11.3 Å². The van der Waals surface area contributed by atoms with Crippen LogP contribution in [0.4, 0.5) is 21.0 Å². The largest absolute Gasteiger partial charge is 0.484 e. The number of thiophene rings is 1. The second-order valence-electron chi connectivity index (χ2n) is 10.3. The molecule has 3 aromatic rings. The molecule has 2 aromatic carbocycles. The van der Waals surface area contributed by atoms with Crippen molar-refractivity contribution in [2.75, 3.05) is 23.9 Å². The number of carbonyl (C=O) groups is 4. The number of nitrogens with zero attached hydrogens (tertiary/aromatic N) is 1. The van der Waals surface area contributed by atoms with Crippen molar-refractivity contribution in [1.29, 1.82) is 0 Å². The number of ether oxygens (including phenoxy) is 3. The van der Waals surface area contributed by atoms with Crippen molar-refractivity contribution in [1.82, 2.24) is 5.32 Å². The molecule has 2 heterocycles. The third-order valence-electron chi connectivity index (χ3n) is 5.68. The molecule has 0 saturated carbocycles. The summed E-state index contributed by atoms with van der Waals surface area (Å²) in [6.45, 7) is 7.01. The Labute approximate surface area is 246 Å². The van der Waals surface area contributed by atoms with E-state index in [4.69, 9.17) is 14.2 Å². The standard InChI is InChI=1S/C29H31N3O7S2/c1-17-12-25(40-16-17)38-20-10-11-21(22(14-20)32(5)28(36)39-29(2,3)4)30-24(33)15-37-19-8-6-18(7-9-19)13-23-26(34)31-27(35)41-23/h6-12,14,16,23H,13,15H2,1-5H3,(H,30,33)(H,31,34,35). The van der Waals surface area contributed by atoms with Crippen molar-refractivity contribution >= 4 is 57.6 Å². The van der Waals surface area contributed by atoms with Crippen LogP contribution in [-0.2, 0) is 20.7 Å². The molecule has 0 bridgehead atoms. The van der Waals surface area contributed by atoms with Crippen LogP contribution in [0, 0.1) is 6.92 Å². The molecule has 10 nitrogen and oxygen atoms in total. The molecule has 0 aliphatic carbocycles. The summed E-state index contributed by atoms with van der Waals surface area (Å²) in [5.41, 5.74) is 1.99. The summed E-state index contributed by atoms with van der Waals surface area (Å²) < 4.78 is 17.1. The molecule has 12 heteroatoms. The molecule has 2 N–H and O–H groups in total. The molecular formula is C29H31N3O7S2. The molecule has 1 aliphatic heterocycles. The average molecular weight is 598 g/mol. The van der Waals surface area contributed by atoms with E-state index in [2.05, 4.69) is 10.6 Å². The minimum Gasteiger partial charge on any atom is -0.484 e. The molecular weight excluding hydrogens is 566 g/mol. The van der Waals surface area contributed by atoms with Gasteiger partial charge in [0.2, 0.25) is 5.91 Å². The number of amides is 4. The second-order valence-corrected chi connectivity index (χ2v) is 12.4. The number of rotatable bonds is 9. The van der Waals surface area contributed by atoms with Gasteiger partial charge in [-0.25, -0.2) is 4.79 Å². The number of anilines is 2. The number of carbonyl (C=O) groups excluding carboxylic acids is 4. The van der Waals surface area contributed by atoms with Crippen molar-refractivity contribution in [3.05, 3.63) is 65.0 Å². The summed E-state index contributed by atoms with van der Waals surface area (Å²) in [4.78, 5) is 50.1. The van der Waals surface area contributed by atoms with Crippen LogP contribution in [0.25, 0.3) is 0 Å². The zero-order valence-corrected chi connectivity index (χ0v) is 24.9. The zero-order chi connectivity index (χ0) is 29.7. The highest BCUT2D eigenvalue weighted by molar-refractivity contribution is 8.15. The van der Waals surface area contributed by atoms with Crippen molar-refractivity contribution in [2.24, 2.45) is 0 Å². The number of hydrogen-bond donors (Lipinski definition) is 2. The third-order valence-corrected chi connectivity index (χ3v) is 7.58. The lowest BCUT2D eigenvalue weighted by Crippen LogP contribution is -2.34. The summed E-state index contributed by atoms with van der Waals surface area (Å²) in [5, 5.41) is 6.94. The topological polar surface area (TPSA) is 123 Å². The summed E-state index contributed by atoms with van der Waals surface area (Å²) in [5.74, 6) is 0.219. The monoisotopic (exact) mass is 597 g/mol. The second kappa shape index (κ2) is 12.6. The van der Waals surface area contributed by atoms with E-state index >= 15 is 0 Å². The van der Waals surface area contributed by atoms with E-state index in [9.17, 15) is 19.2 Å². The first-order chi connectivity index (χ1) is 19.4. The molecule has 4 amide bonds. The summed E-state index contributed by atoms with van der Waals surface area (Å²) >= 11 is 2.43. The van der Waals surface area contributed by atoms with Crippen LogP contribution in [0.1, 0.15) is 31.9 Å². The fourth-order valence-electron chi connectivity index (χ4n) is 3.76. The Morgan fingerprint density at radius 2 is 1.76 bits per heavy atom. The molecule has 4 rings (SSSR count). The molecule has 1 fully saturated rings. The third kappa shape index (κ3) is 8.48. The summed E-state index contributed by atoms with van der Waals surface area (Å²) in [6.07, 6.45) is -0.186. The first-order valence-electron chi connectivity index (χ1n) is 12.7. The fraction of sp³-hybridized carbons (Fsp3) is 0.310. The molecule has 1 atom stereocenters. The van der Waals surface area contributed by atoms with E-state index in [1.165, 1.54) is 16.2 Å². The van der Waals surface area contributed by atoms with Crippen molar-refractivity contribution in [2.45, 2.75) is 45.0 Å². The molecule has 1 aromatic heterocycles. The fourth-order valence-corrected chi connectivity index (χ4v) is 5.39. The van der Waals surface area contributed by atoms with E-state index in [1.54, 1.807) is 70.3 Å². The summed E-state index contributed by atoms with van der Waals surface area (Å²) in [6, 6.07) is 13.9. The molecule has 216 valence electrons. The normalized spacial score (nSPS) is 14.8. The van der Waals surface area contributed by atoms with Gasteiger partial charge in [0.15, 0.2) is 11.7 Å². The van der Waals surface area contributed by atoms with Gasteiger partial charge in [0.05, 0.1) is 16.6 Å². The van der Waals surface area contributed by atoms with Gasteiger partial charge < -0.3 is 19.5 Å². The van der Waals surface area contributed by atoms with Gasteiger partial charge in [-0.3, -0.25) is 24.6 Å². The van der Waals surface area contributed by atoms with Crippen LogP contribution in [0.2, 0.25) is 0 Å². The molecule has 0 spiro atoms. The maximum Gasteiger partial charge on any atom is 0.414 e. The van der Waals surface area contributed by atoms with Gasteiger partial charge >= 0.3 is 6.09 Å². The van der Waals surface area contributed by atoms with E-state index in [1.807, 2.05) is 18.4 Å². The highest BCUT2D eigenvalue weighted by Gasteiger charge is 2.31. The van der Waals surface area contributed by atoms with Gasteiger partial charge in [-0.05, 0) is 81.0 Å². The highest BCUT2D eigenvalue weighted by atomic mass is 32.2. The van der Waals surface area contributed by atoms with Gasteiger partial charge in [0.25, 0.3) is 11.1 Å². The van der Waals surface area contributed by atoms with Crippen molar-refractivity contribution < 1.29 is 33.4 Å². The van der Waals surface area contributed by atoms with E-state index in [0.29, 0.717) is 34.4 Å². The Kier molecular flexibility index (Phi) is 9.24. The highest BCUT2D eigenvalue weighted by Crippen LogP contribution is 2.35. The Bertz CT molecular complexity index is 1450. The molecule has 41 heavy (non-hydrogen) atoms. The number of benzene rings is 2.